The molecule has 0 unspecified atom stereocenters. The van der Waals surface area contributed by atoms with E-state index in [1.807, 2.05) is 48.5 Å². The van der Waals surface area contributed by atoms with E-state index < -0.39 is 33.5 Å². The van der Waals surface area contributed by atoms with Crippen molar-refractivity contribution in [2.24, 2.45) is 0 Å². The molecule has 0 atom stereocenters. The van der Waals surface area contributed by atoms with Gasteiger partial charge in [0.15, 0.2) is 0 Å². The van der Waals surface area contributed by atoms with Crippen molar-refractivity contribution in [1.29, 1.82) is 0 Å². The first kappa shape index (κ1) is 52.5. The van der Waals surface area contributed by atoms with Gasteiger partial charge in [0.1, 0.15) is 0 Å². The summed E-state index contributed by atoms with van der Waals surface area (Å²) in [5, 5.41) is 0. The van der Waals surface area contributed by atoms with Crippen LogP contribution in [0.15, 0.2) is 133 Å². The van der Waals surface area contributed by atoms with E-state index in [1.165, 1.54) is 73.6 Å². The summed E-state index contributed by atoms with van der Waals surface area (Å²) in [6.07, 6.45) is 16.3. The maximum Gasteiger partial charge on any atom is 0.266 e. The number of anilines is 6. The molecule has 0 radical (unpaired) electrons. The number of unbranched alkanes of at least 4 members (excludes halogenated alkanes) is 10. The Hall–Kier alpha value is -5.36. The fourth-order valence-electron chi connectivity index (χ4n) is 13.6. The summed E-state index contributed by atoms with van der Waals surface area (Å²) in [6.45, 7) is 18.0. The summed E-state index contributed by atoms with van der Waals surface area (Å²) in [5.41, 5.74) is 7.88. The first-order valence-corrected chi connectivity index (χ1v) is 27.7. The van der Waals surface area contributed by atoms with Gasteiger partial charge in [0, 0.05) is 39.5 Å². The maximum atomic E-state index is 16.4. The zero-order chi connectivity index (χ0) is 52.2. The molecular weight excluding hydrogens is 909 g/mol. The molecule has 0 bridgehead atoms. The Morgan fingerprint density at radius 1 is 0.315 bits per heavy atom. The van der Waals surface area contributed by atoms with Crippen molar-refractivity contribution < 1.29 is 17.6 Å². The number of hydrogen-bond acceptors (Lipinski definition) is 2. The third-order valence-electron chi connectivity index (χ3n) is 18.1. The van der Waals surface area contributed by atoms with Crippen LogP contribution in [0.1, 0.15) is 193 Å². The van der Waals surface area contributed by atoms with E-state index in [0.29, 0.717) is 22.3 Å². The van der Waals surface area contributed by atoms with E-state index in [4.69, 9.17) is 0 Å². The SMILES string of the molecule is CCCCCCCCC1(CCCCCCCC)c2cc(N(c3ccccc3)c3ccc4c(c3)C(C)(C)C(F)(F)C4(C)C)ccc2-c2ccc(N(c3ccccc3)c3ccc4c(c3)C(C)(C)C(F)(F)C4(C)C)cc21. The lowest BCUT2D eigenvalue weighted by Gasteiger charge is -2.36. The highest BCUT2D eigenvalue weighted by atomic mass is 19.3. The number of benzene rings is 6. The van der Waals surface area contributed by atoms with Gasteiger partial charge in [-0.05, 0) is 186 Å². The molecule has 0 aliphatic heterocycles. The molecule has 0 heterocycles. The van der Waals surface area contributed by atoms with Gasteiger partial charge >= 0.3 is 0 Å². The van der Waals surface area contributed by atoms with Crippen LogP contribution in [0.3, 0.4) is 0 Å². The fraction of sp³-hybridized carbons (Fsp3) is 0.463. The molecule has 2 nitrogen and oxygen atoms in total. The standard InChI is InChI=1S/C67H80F4N2/c1-11-13-15-17-19-27-41-65(42-28-20-18-16-14-12-2)57-43-49(72(47-29-23-21-24-30-47)51-35-39-55-59(45-51)63(7,8)66(68,69)61(55,3)4)33-37-53(57)54-38-34-50(44-58(54)65)73(48-31-25-22-26-32-48)52-36-40-56-60(46-52)64(9,10)67(70,71)62(56,5)6/h21-26,29-40,43-46H,11-20,27-28,41-42H2,1-10H3. The fourth-order valence-corrected chi connectivity index (χ4v) is 13.6. The Balaban J connectivity index is 1.23. The molecule has 3 aliphatic carbocycles. The van der Waals surface area contributed by atoms with Crippen molar-refractivity contribution >= 4 is 34.1 Å². The van der Waals surface area contributed by atoms with Crippen LogP contribution < -0.4 is 9.80 Å². The predicted octanol–water partition coefficient (Wildman–Crippen LogP) is 20.8. The highest BCUT2D eigenvalue weighted by Crippen LogP contribution is 2.63. The number of halogens is 4. The number of para-hydroxylation sites is 2. The minimum atomic E-state index is -2.94. The number of rotatable bonds is 20. The molecule has 0 saturated carbocycles. The number of fused-ring (bicyclic) bond motifs is 5. The number of alkyl halides is 4. The molecule has 0 saturated heterocycles. The van der Waals surface area contributed by atoms with Crippen molar-refractivity contribution in [3.8, 4) is 11.1 Å². The lowest BCUT2D eigenvalue weighted by atomic mass is 9.70. The Morgan fingerprint density at radius 2 is 0.616 bits per heavy atom. The third-order valence-corrected chi connectivity index (χ3v) is 18.1. The molecule has 9 rings (SSSR count). The van der Waals surface area contributed by atoms with Gasteiger partial charge in [-0.2, -0.15) is 0 Å². The van der Waals surface area contributed by atoms with E-state index in [2.05, 4.69) is 109 Å². The normalized spacial score (nSPS) is 18.4. The zero-order valence-electron chi connectivity index (χ0n) is 45.5. The van der Waals surface area contributed by atoms with Crippen LogP contribution in [-0.2, 0) is 27.1 Å². The van der Waals surface area contributed by atoms with E-state index in [1.54, 1.807) is 55.4 Å². The van der Waals surface area contributed by atoms with Crippen molar-refractivity contribution in [1.82, 2.24) is 0 Å². The minimum absolute atomic E-state index is 0.324. The highest BCUT2D eigenvalue weighted by Gasteiger charge is 2.66. The number of nitrogens with zero attached hydrogens (tertiary/aromatic N) is 2. The van der Waals surface area contributed by atoms with Crippen LogP contribution in [0.4, 0.5) is 51.7 Å². The highest BCUT2D eigenvalue weighted by molar-refractivity contribution is 5.89. The van der Waals surface area contributed by atoms with Gasteiger partial charge in [-0.25, -0.2) is 17.6 Å². The van der Waals surface area contributed by atoms with Crippen LogP contribution >= 0.6 is 0 Å². The molecule has 0 fully saturated rings. The van der Waals surface area contributed by atoms with Gasteiger partial charge < -0.3 is 9.80 Å². The molecule has 6 aromatic rings. The predicted molar refractivity (Wildman–Crippen MR) is 300 cm³/mol. The van der Waals surface area contributed by atoms with Crippen LogP contribution in [0.2, 0.25) is 0 Å². The Bertz CT molecular complexity index is 2710. The second kappa shape index (κ2) is 19.7. The van der Waals surface area contributed by atoms with Gasteiger partial charge in [0.05, 0.1) is 21.7 Å². The Morgan fingerprint density at radius 3 is 0.973 bits per heavy atom. The van der Waals surface area contributed by atoms with Crippen LogP contribution in [-0.4, -0.2) is 11.8 Å². The largest absolute Gasteiger partial charge is 0.310 e. The van der Waals surface area contributed by atoms with E-state index in [9.17, 15) is 0 Å². The second-order valence-electron chi connectivity index (χ2n) is 24.0. The summed E-state index contributed by atoms with van der Waals surface area (Å²) >= 11 is 0. The van der Waals surface area contributed by atoms with Crippen LogP contribution in [0.5, 0.6) is 0 Å². The Kier molecular flexibility index (Phi) is 14.2. The van der Waals surface area contributed by atoms with Crippen LogP contribution in [0.25, 0.3) is 11.1 Å². The van der Waals surface area contributed by atoms with E-state index in [-0.39, 0.29) is 5.41 Å². The molecule has 0 amide bonds. The van der Waals surface area contributed by atoms with Crippen molar-refractivity contribution in [3.63, 3.8) is 0 Å². The van der Waals surface area contributed by atoms with E-state index in [0.717, 1.165) is 72.6 Å². The van der Waals surface area contributed by atoms with Crippen LogP contribution in [0, 0.1) is 0 Å². The summed E-state index contributed by atoms with van der Waals surface area (Å²) in [5.74, 6) is -5.88. The zero-order valence-corrected chi connectivity index (χ0v) is 45.5. The van der Waals surface area contributed by atoms with Gasteiger partial charge in [0.25, 0.3) is 11.8 Å². The quantitative estimate of drug-likeness (QED) is 0.0556. The average Bonchev–Trinajstić information content (AvgIpc) is 3.73. The van der Waals surface area contributed by atoms with Crippen molar-refractivity contribution in [2.45, 2.75) is 198 Å². The Labute approximate surface area is 435 Å². The minimum Gasteiger partial charge on any atom is -0.310 e. The summed E-state index contributed by atoms with van der Waals surface area (Å²) in [6, 6.07) is 46.7. The molecule has 386 valence electrons. The van der Waals surface area contributed by atoms with Crippen molar-refractivity contribution in [3.05, 3.63) is 167 Å². The molecule has 6 heteroatoms. The first-order chi connectivity index (χ1) is 34.7. The molecular formula is C67H80F4N2. The lowest BCUT2D eigenvalue weighted by molar-refractivity contribution is -0.105. The number of hydrogen-bond donors (Lipinski definition) is 0. The average molecular weight is 989 g/mol. The maximum absolute atomic E-state index is 16.4. The topological polar surface area (TPSA) is 6.48 Å². The lowest BCUT2D eigenvalue weighted by Crippen LogP contribution is -2.46. The van der Waals surface area contributed by atoms with Crippen molar-refractivity contribution in [2.75, 3.05) is 9.80 Å². The molecule has 73 heavy (non-hydrogen) atoms. The van der Waals surface area contributed by atoms with Gasteiger partial charge in [0.2, 0.25) is 0 Å². The molecule has 3 aliphatic rings. The van der Waals surface area contributed by atoms with E-state index >= 15 is 17.6 Å². The molecule has 0 aromatic heterocycles. The second-order valence-corrected chi connectivity index (χ2v) is 24.0. The third kappa shape index (κ3) is 8.53. The van der Waals surface area contributed by atoms with Gasteiger partial charge in [-0.15, -0.1) is 0 Å². The molecule has 6 aromatic carbocycles. The van der Waals surface area contributed by atoms with Gasteiger partial charge in [-0.1, -0.05) is 152 Å². The van der Waals surface area contributed by atoms with Gasteiger partial charge in [-0.3, -0.25) is 0 Å². The smallest absolute Gasteiger partial charge is 0.266 e. The molecule has 0 N–H and O–H groups in total. The summed E-state index contributed by atoms with van der Waals surface area (Å²) in [4.78, 5) is 4.54. The summed E-state index contributed by atoms with van der Waals surface area (Å²) in [7, 11) is 0. The molecule has 0 spiro atoms. The monoisotopic (exact) mass is 989 g/mol. The first-order valence-electron chi connectivity index (χ1n) is 27.7. The summed E-state index contributed by atoms with van der Waals surface area (Å²) < 4.78 is 65.5.